The fourth-order valence-corrected chi connectivity index (χ4v) is 3.02. The fraction of sp³-hybridized carbons (Fsp3) is 0.647. The Kier molecular flexibility index (Phi) is 5.09. The van der Waals surface area contributed by atoms with Gasteiger partial charge in [-0.1, -0.05) is 75.8 Å². The summed E-state index contributed by atoms with van der Waals surface area (Å²) in [6.45, 7) is 2.43. The molecule has 0 heteroatoms. The predicted molar refractivity (Wildman–Crippen MR) is 75.1 cm³/mol. The summed E-state index contributed by atoms with van der Waals surface area (Å²) in [5.74, 6) is 1.96. The minimum Gasteiger partial charge on any atom is -0.0625 e. The molecule has 0 aliphatic heterocycles. The van der Waals surface area contributed by atoms with Gasteiger partial charge in [0, 0.05) is 0 Å². The average molecular weight is 230 g/mol. The molecule has 17 heavy (non-hydrogen) atoms. The summed E-state index contributed by atoms with van der Waals surface area (Å²) in [5.41, 5.74) is 1.50. The summed E-state index contributed by atoms with van der Waals surface area (Å²) < 4.78 is 0. The van der Waals surface area contributed by atoms with E-state index in [4.69, 9.17) is 0 Å². The van der Waals surface area contributed by atoms with Crippen molar-refractivity contribution >= 4 is 0 Å². The van der Waals surface area contributed by atoms with Crippen LogP contribution in [0.4, 0.5) is 0 Å². The van der Waals surface area contributed by atoms with Gasteiger partial charge in [0.05, 0.1) is 0 Å². The zero-order valence-electron chi connectivity index (χ0n) is 11.2. The molecule has 1 aliphatic rings. The summed E-state index contributed by atoms with van der Waals surface area (Å²) >= 11 is 0. The van der Waals surface area contributed by atoms with Crippen molar-refractivity contribution < 1.29 is 0 Å². The maximum absolute atomic E-state index is 2.43. The minimum absolute atomic E-state index is 0.899. The van der Waals surface area contributed by atoms with Crippen LogP contribution < -0.4 is 0 Å². The Bertz CT molecular complexity index is 295. The van der Waals surface area contributed by atoms with Gasteiger partial charge in [0.25, 0.3) is 0 Å². The Labute approximate surface area is 106 Å². The molecule has 1 atom stereocenters. The molecule has 1 fully saturated rings. The van der Waals surface area contributed by atoms with E-state index in [-0.39, 0.29) is 0 Å². The van der Waals surface area contributed by atoms with Crippen molar-refractivity contribution in [1.29, 1.82) is 0 Å². The first-order valence-electron chi connectivity index (χ1n) is 7.38. The maximum Gasteiger partial charge on any atom is -0.0276 e. The lowest BCUT2D eigenvalue weighted by Gasteiger charge is -2.14. The number of hydrogen-bond acceptors (Lipinski definition) is 0. The highest BCUT2D eigenvalue weighted by Gasteiger charge is 2.15. The molecule has 0 N–H and O–H groups in total. The highest BCUT2D eigenvalue weighted by Crippen LogP contribution is 2.30. The Morgan fingerprint density at radius 2 is 1.76 bits per heavy atom. The molecule has 1 aliphatic carbocycles. The molecule has 1 aromatic carbocycles. The summed E-state index contributed by atoms with van der Waals surface area (Å²) in [6.07, 6.45) is 11.5. The lowest BCUT2D eigenvalue weighted by molar-refractivity contribution is 0.400. The SMILES string of the molecule is CC(CCc1ccccc1)CCC1CCCC1. The zero-order chi connectivity index (χ0) is 11.9. The first kappa shape index (κ1) is 12.7. The van der Waals surface area contributed by atoms with Crippen molar-refractivity contribution in [2.75, 3.05) is 0 Å². The summed E-state index contributed by atoms with van der Waals surface area (Å²) in [4.78, 5) is 0. The second-order valence-electron chi connectivity index (χ2n) is 5.86. The van der Waals surface area contributed by atoms with Crippen LogP contribution in [0.15, 0.2) is 30.3 Å². The maximum atomic E-state index is 2.43. The zero-order valence-corrected chi connectivity index (χ0v) is 11.2. The monoisotopic (exact) mass is 230 g/mol. The van der Waals surface area contributed by atoms with Crippen molar-refractivity contribution in [3.05, 3.63) is 35.9 Å². The molecular formula is C17H26. The standard InChI is InChI=1S/C17H26/c1-15(12-14-17-9-5-6-10-17)11-13-16-7-3-2-4-8-16/h2-4,7-8,15,17H,5-6,9-14H2,1H3. The van der Waals surface area contributed by atoms with Crippen molar-refractivity contribution in [3.8, 4) is 0 Å². The van der Waals surface area contributed by atoms with Crippen LogP contribution in [0.5, 0.6) is 0 Å². The van der Waals surface area contributed by atoms with Crippen LogP contribution in [-0.2, 0) is 6.42 Å². The lowest BCUT2D eigenvalue weighted by atomic mass is 9.92. The number of aryl methyl sites for hydroxylation is 1. The highest BCUT2D eigenvalue weighted by atomic mass is 14.2. The van der Waals surface area contributed by atoms with Gasteiger partial charge in [-0.3, -0.25) is 0 Å². The highest BCUT2D eigenvalue weighted by molar-refractivity contribution is 5.14. The number of hydrogen-bond donors (Lipinski definition) is 0. The summed E-state index contributed by atoms with van der Waals surface area (Å²) in [7, 11) is 0. The smallest absolute Gasteiger partial charge is 0.0276 e. The Hall–Kier alpha value is -0.780. The third kappa shape index (κ3) is 4.53. The first-order valence-corrected chi connectivity index (χ1v) is 7.38. The topological polar surface area (TPSA) is 0 Å². The van der Waals surface area contributed by atoms with E-state index >= 15 is 0 Å². The van der Waals surface area contributed by atoms with Crippen LogP contribution in [0.3, 0.4) is 0 Å². The van der Waals surface area contributed by atoms with E-state index in [1.165, 1.54) is 56.9 Å². The van der Waals surface area contributed by atoms with Crippen LogP contribution in [0, 0.1) is 11.8 Å². The van der Waals surface area contributed by atoms with Gasteiger partial charge in [0.2, 0.25) is 0 Å². The Morgan fingerprint density at radius 3 is 2.47 bits per heavy atom. The molecule has 1 saturated carbocycles. The molecule has 0 aromatic heterocycles. The van der Waals surface area contributed by atoms with E-state index in [1.54, 1.807) is 0 Å². The molecular weight excluding hydrogens is 204 g/mol. The molecule has 0 bridgehead atoms. The van der Waals surface area contributed by atoms with E-state index in [2.05, 4.69) is 37.3 Å². The Morgan fingerprint density at radius 1 is 1.06 bits per heavy atom. The third-order valence-electron chi connectivity index (χ3n) is 4.31. The molecule has 0 amide bonds. The van der Waals surface area contributed by atoms with Crippen LogP contribution in [0.25, 0.3) is 0 Å². The van der Waals surface area contributed by atoms with Gasteiger partial charge in [-0.2, -0.15) is 0 Å². The van der Waals surface area contributed by atoms with E-state index < -0.39 is 0 Å². The molecule has 0 heterocycles. The second-order valence-corrected chi connectivity index (χ2v) is 5.86. The summed E-state index contributed by atoms with van der Waals surface area (Å²) in [6, 6.07) is 10.9. The molecule has 0 radical (unpaired) electrons. The molecule has 1 aromatic rings. The summed E-state index contributed by atoms with van der Waals surface area (Å²) in [5, 5.41) is 0. The van der Waals surface area contributed by atoms with Crippen LogP contribution in [0.1, 0.15) is 57.4 Å². The van der Waals surface area contributed by atoms with E-state index in [0.717, 1.165) is 11.8 Å². The largest absolute Gasteiger partial charge is 0.0625 e. The van der Waals surface area contributed by atoms with Crippen molar-refractivity contribution in [2.45, 2.75) is 58.3 Å². The molecule has 0 nitrogen and oxygen atoms in total. The van der Waals surface area contributed by atoms with Crippen LogP contribution in [-0.4, -0.2) is 0 Å². The number of rotatable bonds is 6. The van der Waals surface area contributed by atoms with Gasteiger partial charge in [0.15, 0.2) is 0 Å². The van der Waals surface area contributed by atoms with Gasteiger partial charge in [0.1, 0.15) is 0 Å². The van der Waals surface area contributed by atoms with Gasteiger partial charge >= 0.3 is 0 Å². The van der Waals surface area contributed by atoms with Crippen molar-refractivity contribution in [1.82, 2.24) is 0 Å². The van der Waals surface area contributed by atoms with E-state index in [1.807, 2.05) is 0 Å². The van der Waals surface area contributed by atoms with Crippen molar-refractivity contribution in [2.24, 2.45) is 11.8 Å². The Balaban J connectivity index is 1.62. The van der Waals surface area contributed by atoms with Gasteiger partial charge in [-0.25, -0.2) is 0 Å². The second kappa shape index (κ2) is 6.83. The molecule has 94 valence electrons. The van der Waals surface area contributed by atoms with E-state index in [9.17, 15) is 0 Å². The molecule has 0 saturated heterocycles. The average Bonchev–Trinajstić information content (AvgIpc) is 2.88. The predicted octanol–water partition coefficient (Wildman–Crippen LogP) is 5.23. The third-order valence-corrected chi connectivity index (χ3v) is 4.31. The normalized spacial score (nSPS) is 18.4. The van der Waals surface area contributed by atoms with Gasteiger partial charge in [-0.05, 0) is 30.2 Å². The van der Waals surface area contributed by atoms with Gasteiger partial charge in [-0.15, -0.1) is 0 Å². The van der Waals surface area contributed by atoms with Crippen molar-refractivity contribution in [3.63, 3.8) is 0 Å². The number of benzene rings is 1. The molecule has 2 rings (SSSR count). The minimum atomic E-state index is 0.899. The molecule has 0 spiro atoms. The van der Waals surface area contributed by atoms with Crippen LogP contribution >= 0.6 is 0 Å². The van der Waals surface area contributed by atoms with E-state index in [0.29, 0.717) is 0 Å². The quantitative estimate of drug-likeness (QED) is 0.628. The first-order chi connectivity index (χ1) is 8.34. The van der Waals surface area contributed by atoms with Crippen LogP contribution in [0.2, 0.25) is 0 Å². The fourth-order valence-electron chi connectivity index (χ4n) is 3.02. The lowest BCUT2D eigenvalue weighted by Crippen LogP contribution is -2.01. The van der Waals surface area contributed by atoms with Gasteiger partial charge < -0.3 is 0 Å². The molecule has 1 unspecified atom stereocenters.